The van der Waals surface area contributed by atoms with Crippen molar-refractivity contribution in [3.8, 4) is 0 Å². The van der Waals surface area contributed by atoms with Gasteiger partial charge in [0.15, 0.2) is 0 Å². The van der Waals surface area contributed by atoms with E-state index in [-0.39, 0.29) is 6.10 Å². The van der Waals surface area contributed by atoms with Crippen molar-refractivity contribution >= 4 is 0 Å². The molecule has 0 amide bonds. The number of hydrogen-bond acceptors (Lipinski definition) is 3. The first-order valence-corrected chi connectivity index (χ1v) is 6.84. The number of aliphatic hydroxyl groups excluding tert-OH is 1. The Morgan fingerprint density at radius 1 is 1.44 bits per heavy atom. The summed E-state index contributed by atoms with van der Waals surface area (Å²) in [6.07, 6.45) is 5.99. The second kappa shape index (κ2) is 5.48. The van der Waals surface area contributed by atoms with Gasteiger partial charge in [0.1, 0.15) is 0 Å². The molecule has 1 saturated heterocycles. The van der Waals surface area contributed by atoms with Gasteiger partial charge in [-0.2, -0.15) is 0 Å². The number of likely N-dealkylation sites (tertiary alicyclic amines) is 1. The third-order valence-corrected chi connectivity index (χ3v) is 3.87. The molecule has 1 saturated carbocycles. The van der Waals surface area contributed by atoms with Crippen molar-refractivity contribution in [2.45, 2.75) is 70.2 Å². The highest BCUT2D eigenvalue weighted by atomic mass is 16.3. The summed E-state index contributed by atoms with van der Waals surface area (Å²) in [6.45, 7) is 6.52. The number of rotatable bonds is 6. The van der Waals surface area contributed by atoms with Gasteiger partial charge in [0.2, 0.25) is 0 Å². The fourth-order valence-electron chi connectivity index (χ4n) is 2.82. The largest absolute Gasteiger partial charge is 0.393 e. The van der Waals surface area contributed by atoms with Gasteiger partial charge in [-0.15, -0.1) is 0 Å². The molecule has 0 aromatic heterocycles. The van der Waals surface area contributed by atoms with E-state index in [1.165, 1.54) is 25.8 Å². The van der Waals surface area contributed by atoms with Gasteiger partial charge in [-0.1, -0.05) is 0 Å². The van der Waals surface area contributed by atoms with Gasteiger partial charge >= 0.3 is 0 Å². The molecule has 94 valence electrons. The summed E-state index contributed by atoms with van der Waals surface area (Å²) >= 11 is 0. The van der Waals surface area contributed by atoms with E-state index < -0.39 is 0 Å². The van der Waals surface area contributed by atoms with Crippen molar-refractivity contribution < 1.29 is 5.11 Å². The second-order valence-corrected chi connectivity index (χ2v) is 5.65. The Bertz CT molecular complexity index is 216. The Morgan fingerprint density at radius 2 is 2.19 bits per heavy atom. The van der Waals surface area contributed by atoms with E-state index in [1.807, 2.05) is 6.92 Å². The summed E-state index contributed by atoms with van der Waals surface area (Å²) in [5.74, 6) is 0. The quantitative estimate of drug-likeness (QED) is 0.671. The maximum atomic E-state index is 9.17. The van der Waals surface area contributed by atoms with Crippen LogP contribution in [0.5, 0.6) is 0 Å². The molecule has 1 aliphatic carbocycles. The van der Waals surface area contributed by atoms with E-state index in [9.17, 15) is 5.11 Å². The lowest BCUT2D eigenvalue weighted by molar-refractivity contribution is 0.181. The molecule has 0 aromatic rings. The first kappa shape index (κ1) is 12.3. The average molecular weight is 226 g/mol. The number of aliphatic hydroxyl groups is 1. The van der Waals surface area contributed by atoms with Crippen molar-refractivity contribution in [2.24, 2.45) is 0 Å². The molecule has 3 nitrogen and oxygen atoms in total. The average Bonchev–Trinajstić information content (AvgIpc) is 2.98. The van der Waals surface area contributed by atoms with Crippen LogP contribution in [0.4, 0.5) is 0 Å². The number of nitrogens with one attached hydrogen (secondary N) is 1. The van der Waals surface area contributed by atoms with Crippen molar-refractivity contribution in [3.05, 3.63) is 0 Å². The fourth-order valence-corrected chi connectivity index (χ4v) is 2.82. The maximum Gasteiger partial charge on any atom is 0.0512 e. The third kappa shape index (κ3) is 3.44. The normalized spacial score (nSPS) is 33.2. The first-order chi connectivity index (χ1) is 7.66. The summed E-state index contributed by atoms with van der Waals surface area (Å²) in [5, 5.41) is 12.8. The summed E-state index contributed by atoms with van der Waals surface area (Å²) in [5.41, 5.74) is 0. The molecule has 3 heteroatoms. The maximum absolute atomic E-state index is 9.17. The summed E-state index contributed by atoms with van der Waals surface area (Å²) in [6, 6.07) is 2.35. The van der Waals surface area contributed by atoms with Crippen LogP contribution in [-0.4, -0.2) is 47.3 Å². The molecule has 0 aromatic carbocycles. The van der Waals surface area contributed by atoms with Crippen molar-refractivity contribution in [3.63, 3.8) is 0 Å². The summed E-state index contributed by atoms with van der Waals surface area (Å²) in [4.78, 5) is 2.67. The van der Waals surface area contributed by atoms with Crippen LogP contribution in [0.3, 0.4) is 0 Å². The van der Waals surface area contributed by atoms with Gasteiger partial charge < -0.3 is 10.4 Å². The molecule has 2 rings (SSSR count). The monoisotopic (exact) mass is 226 g/mol. The van der Waals surface area contributed by atoms with E-state index in [0.29, 0.717) is 6.04 Å². The lowest BCUT2D eigenvalue weighted by Crippen LogP contribution is -2.34. The van der Waals surface area contributed by atoms with Gasteiger partial charge in [0.05, 0.1) is 6.10 Å². The molecule has 1 aliphatic heterocycles. The molecule has 0 radical (unpaired) electrons. The Kier molecular flexibility index (Phi) is 4.22. The summed E-state index contributed by atoms with van der Waals surface area (Å²) < 4.78 is 0. The first-order valence-electron chi connectivity index (χ1n) is 6.84. The van der Waals surface area contributed by atoms with E-state index in [4.69, 9.17) is 0 Å². The predicted molar refractivity (Wildman–Crippen MR) is 66.5 cm³/mol. The minimum absolute atomic E-state index is 0.146. The molecule has 2 aliphatic rings. The van der Waals surface area contributed by atoms with Crippen LogP contribution in [0, 0.1) is 0 Å². The second-order valence-electron chi connectivity index (χ2n) is 5.65. The molecule has 1 heterocycles. The van der Waals surface area contributed by atoms with E-state index >= 15 is 0 Å². The minimum Gasteiger partial charge on any atom is -0.393 e. The highest BCUT2D eigenvalue weighted by Gasteiger charge is 2.38. The Labute approximate surface area is 99.2 Å². The van der Waals surface area contributed by atoms with Crippen LogP contribution >= 0.6 is 0 Å². The van der Waals surface area contributed by atoms with Crippen LogP contribution < -0.4 is 5.32 Å². The van der Waals surface area contributed by atoms with Crippen LogP contribution in [0.2, 0.25) is 0 Å². The van der Waals surface area contributed by atoms with Crippen LogP contribution in [0.25, 0.3) is 0 Å². The van der Waals surface area contributed by atoms with Crippen molar-refractivity contribution in [1.29, 1.82) is 0 Å². The molecule has 0 spiro atoms. The van der Waals surface area contributed by atoms with E-state index in [1.54, 1.807) is 0 Å². The van der Waals surface area contributed by atoms with E-state index in [2.05, 4.69) is 17.1 Å². The molecular weight excluding hydrogens is 200 g/mol. The molecule has 3 unspecified atom stereocenters. The third-order valence-electron chi connectivity index (χ3n) is 3.87. The summed E-state index contributed by atoms with van der Waals surface area (Å²) in [7, 11) is 0. The van der Waals surface area contributed by atoms with E-state index in [0.717, 1.165) is 31.5 Å². The Balaban J connectivity index is 1.60. The zero-order valence-electron chi connectivity index (χ0n) is 10.7. The highest BCUT2D eigenvalue weighted by Crippen LogP contribution is 2.33. The number of nitrogens with zero attached hydrogens (tertiary/aromatic N) is 1. The number of hydrogen-bond donors (Lipinski definition) is 2. The van der Waals surface area contributed by atoms with Crippen LogP contribution in [0.1, 0.15) is 46.0 Å². The van der Waals surface area contributed by atoms with Gasteiger partial charge in [-0.05, 0) is 52.5 Å². The topological polar surface area (TPSA) is 35.5 Å². The fraction of sp³-hybridized carbons (Fsp3) is 1.00. The lowest BCUT2D eigenvalue weighted by Gasteiger charge is -2.19. The van der Waals surface area contributed by atoms with Gasteiger partial charge in [0.25, 0.3) is 0 Å². The molecule has 16 heavy (non-hydrogen) atoms. The van der Waals surface area contributed by atoms with Crippen LogP contribution in [0.15, 0.2) is 0 Å². The Hall–Kier alpha value is -0.120. The van der Waals surface area contributed by atoms with Gasteiger partial charge in [-0.3, -0.25) is 4.90 Å². The van der Waals surface area contributed by atoms with Crippen molar-refractivity contribution in [1.82, 2.24) is 10.2 Å². The zero-order valence-corrected chi connectivity index (χ0v) is 10.7. The standard InChI is InChI=1S/C13H26N2O/c1-10-8-12(9-15(10)13-5-6-13)14-7-3-4-11(2)16/h10-14,16H,3-9H2,1-2H3. The van der Waals surface area contributed by atoms with Gasteiger partial charge in [-0.25, -0.2) is 0 Å². The minimum atomic E-state index is -0.146. The van der Waals surface area contributed by atoms with Crippen LogP contribution in [-0.2, 0) is 0 Å². The molecular formula is C13H26N2O. The smallest absolute Gasteiger partial charge is 0.0512 e. The SMILES string of the molecule is CC(O)CCCNC1CC(C)N(C2CC2)C1. The van der Waals surface area contributed by atoms with Gasteiger partial charge in [0, 0.05) is 24.7 Å². The highest BCUT2D eigenvalue weighted by molar-refractivity contribution is 4.95. The Morgan fingerprint density at radius 3 is 2.81 bits per heavy atom. The predicted octanol–water partition coefficient (Wildman–Crippen LogP) is 1.36. The zero-order chi connectivity index (χ0) is 11.5. The molecule has 3 atom stereocenters. The molecule has 0 bridgehead atoms. The molecule has 2 N–H and O–H groups in total. The molecule has 2 fully saturated rings. The lowest BCUT2D eigenvalue weighted by atomic mass is 10.1. The van der Waals surface area contributed by atoms with Crippen molar-refractivity contribution in [2.75, 3.05) is 13.1 Å².